The first-order valence-corrected chi connectivity index (χ1v) is 9.15. The third-order valence-electron chi connectivity index (χ3n) is 4.09. The number of rotatable bonds is 5. The Bertz CT molecular complexity index is 1170. The van der Waals surface area contributed by atoms with Crippen molar-refractivity contribution in [1.82, 2.24) is 9.55 Å². The third-order valence-corrected chi connectivity index (χ3v) is 5.10. The lowest BCUT2D eigenvalue weighted by atomic mass is 10.1. The summed E-state index contributed by atoms with van der Waals surface area (Å²) in [6.45, 7) is 0. The molecule has 5 nitrogen and oxygen atoms in total. The lowest BCUT2D eigenvalue weighted by Crippen LogP contribution is -2.01. The van der Waals surface area contributed by atoms with Gasteiger partial charge in [0.2, 0.25) is 0 Å². The Kier molecular flexibility index (Phi) is 4.68. The van der Waals surface area contributed by atoms with Crippen LogP contribution in [0.1, 0.15) is 5.56 Å². The van der Waals surface area contributed by atoms with E-state index in [4.69, 9.17) is 9.15 Å². The minimum absolute atomic E-state index is 0.308. The van der Waals surface area contributed by atoms with E-state index in [-0.39, 0.29) is 5.82 Å². The van der Waals surface area contributed by atoms with Crippen LogP contribution in [0.15, 0.2) is 75.3 Å². The zero-order valence-corrected chi connectivity index (χ0v) is 15.2. The number of fused-ring (bicyclic) bond motifs is 1. The first-order chi connectivity index (χ1) is 13.1. The number of aromatic nitrogens is 2. The number of thioether (sulfide) groups is 1. The molecule has 0 amide bonds. The Morgan fingerprint density at radius 2 is 2.11 bits per heavy atom. The van der Waals surface area contributed by atoms with Crippen molar-refractivity contribution in [2.75, 3.05) is 7.11 Å². The zero-order chi connectivity index (χ0) is 18.8. The summed E-state index contributed by atoms with van der Waals surface area (Å²) in [4.78, 5) is 16.3. The van der Waals surface area contributed by atoms with Gasteiger partial charge in [0.1, 0.15) is 17.1 Å². The summed E-state index contributed by atoms with van der Waals surface area (Å²) in [5.41, 5.74) is 1.59. The van der Waals surface area contributed by atoms with Crippen molar-refractivity contribution in [3.8, 4) is 11.4 Å². The molecule has 4 aromatic rings. The van der Waals surface area contributed by atoms with Gasteiger partial charge in [0.05, 0.1) is 12.8 Å². The summed E-state index contributed by atoms with van der Waals surface area (Å²) < 4.78 is 25.8. The van der Waals surface area contributed by atoms with Crippen LogP contribution < -0.4 is 10.4 Å². The molecule has 0 fully saturated rings. The molecule has 2 aromatic heterocycles. The molecule has 136 valence electrons. The van der Waals surface area contributed by atoms with Crippen LogP contribution in [0.2, 0.25) is 0 Å². The predicted molar refractivity (Wildman–Crippen MR) is 102 cm³/mol. The van der Waals surface area contributed by atoms with Gasteiger partial charge in [-0.2, -0.15) is 0 Å². The topological polar surface area (TPSA) is 57.3 Å². The van der Waals surface area contributed by atoms with E-state index < -0.39 is 5.63 Å². The molecule has 0 bridgehead atoms. The fraction of sp³-hybridized carbons (Fsp3) is 0.100. The highest BCUT2D eigenvalue weighted by molar-refractivity contribution is 7.98. The molecule has 0 aliphatic heterocycles. The summed E-state index contributed by atoms with van der Waals surface area (Å²) in [5.74, 6) is 0.829. The van der Waals surface area contributed by atoms with Gasteiger partial charge in [-0.25, -0.2) is 14.2 Å². The molecule has 0 saturated heterocycles. The number of benzene rings is 2. The Morgan fingerprint density at radius 3 is 2.93 bits per heavy atom. The van der Waals surface area contributed by atoms with Gasteiger partial charge < -0.3 is 9.15 Å². The molecule has 4 rings (SSSR count). The fourth-order valence-electron chi connectivity index (χ4n) is 2.82. The average molecular weight is 382 g/mol. The summed E-state index contributed by atoms with van der Waals surface area (Å²) in [5, 5.41) is 1.54. The number of ether oxygens (including phenoxy) is 1. The maximum Gasteiger partial charge on any atom is 0.336 e. The summed E-state index contributed by atoms with van der Waals surface area (Å²) in [7, 11) is 1.56. The summed E-state index contributed by atoms with van der Waals surface area (Å²) in [6, 6.07) is 13.2. The van der Waals surface area contributed by atoms with E-state index in [1.807, 2.05) is 22.8 Å². The van der Waals surface area contributed by atoms with Crippen LogP contribution in [-0.4, -0.2) is 16.7 Å². The van der Waals surface area contributed by atoms with Gasteiger partial charge in [-0.1, -0.05) is 17.8 Å². The standard InChI is InChI=1S/C20H15FN2O3S/c1-25-16-5-6-17-13(9-19(24)26-18(17)11-16)12-27-20-22-7-8-23(20)15-4-2-3-14(21)10-15/h2-11H,12H2,1H3. The van der Waals surface area contributed by atoms with Gasteiger partial charge in [0.15, 0.2) is 5.16 Å². The lowest BCUT2D eigenvalue weighted by Gasteiger charge is -2.09. The molecular weight excluding hydrogens is 367 g/mol. The first-order valence-electron chi connectivity index (χ1n) is 8.17. The van der Waals surface area contributed by atoms with Gasteiger partial charge in [0, 0.05) is 35.7 Å². The molecule has 0 saturated carbocycles. The van der Waals surface area contributed by atoms with Crippen molar-refractivity contribution in [2.24, 2.45) is 0 Å². The highest BCUT2D eigenvalue weighted by Gasteiger charge is 2.11. The number of imidazole rings is 1. The minimum atomic E-state index is -0.417. The van der Waals surface area contributed by atoms with Gasteiger partial charge in [-0.15, -0.1) is 0 Å². The molecule has 7 heteroatoms. The van der Waals surface area contributed by atoms with Crippen LogP contribution >= 0.6 is 11.8 Å². The second kappa shape index (κ2) is 7.28. The van der Waals surface area contributed by atoms with E-state index in [9.17, 15) is 9.18 Å². The van der Waals surface area contributed by atoms with Crippen molar-refractivity contribution in [3.63, 3.8) is 0 Å². The number of nitrogens with zero attached hydrogens (tertiary/aromatic N) is 2. The normalized spacial score (nSPS) is 11.0. The number of methoxy groups -OCH3 is 1. The van der Waals surface area contributed by atoms with Crippen molar-refractivity contribution < 1.29 is 13.5 Å². The Morgan fingerprint density at radius 1 is 1.22 bits per heavy atom. The van der Waals surface area contributed by atoms with E-state index in [0.29, 0.717) is 27.9 Å². The molecule has 0 aliphatic rings. The van der Waals surface area contributed by atoms with Crippen LogP contribution in [0.25, 0.3) is 16.7 Å². The zero-order valence-electron chi connectivity index (χ0n) is 14.4. The van der Waals surface area contributed by atoms with E-state index in [0.717, 1.165) is 10.9 Å². The van der Waals surface area contributed by atoms with Crippen molar-refractivity contribution in [2.45, 2.75) is 10.9 Å². The Hall–Kier alpha value is -3.06. The Labute approximate surface area is 158 Å². The average Bonchev–Trinajstić information content (AvgIpc) is 3.14. The first kappa shape index (κ1) is 17.4. The highest BCUT2D eigenvalue weighted by atomic mass is 32.2. The van der Waals surface area contributed by atoms with Gasteiger partial charge in [0.25, 0.3) is 0 Å². The number of halogens is 1. The van der Waals surface area contributed by atoms with E-state index >= 15 is 0 Å². The Balaban J connectivity index is 1.65. The molecule has 0 aliphatic carbocycles. The van der Waals surface area contributed by atoms with Crippen LogP contribution in [0.5, 0.6) is 5.75 Å². The minimum Gasteiger partial charge on any atom is -0.497 e. The van der Waals surface area contributed by atoms with Gasteiger partial charge >= 0.3 is 5.63 Å². The molecule has 0 N–H and O–H groups in total. The molecular formula is C20H15FN2O3S. The number of hydrogen-bond donors (Lipinski definition) is 0. The maximum atomic E-state index is 13.5. The molecule has 2 aromatic carbocycles. The highest BCUT2D eigenvalue weighted by Crippen LogP contribution is 2.29. The molecule has 0 unspecified atom stereocenters. The van der Waals surface area contributed by atoms with E-state index in [2.05, 4.69) is 4.98 Å². The quantitative estimate of drug-likeness (QED) is 0.378. The van der Waals surface area contributed by atoms with Gasteiger partial charge in [-0.3, -0.25) is 4.57 Å². The lowest BCUT2D eigenvalue weighted by molar-refractivity contribution is 0.414. The van der Waals surface area contributed by atoms with E-state index in [1.165, 1.54) is 30.0 Å². The molecule has 0 atom stereocenters. The van der Waals surface area contributed by atoms with Crippen molar-refractivity contribution in [3.05, 3.63) is 82.7 Å². The van der Waals surface area contributed by atoms with E-state index in [1.54, 1.807) is 31.6 Å². The van der Waals surface area contributed by atoms with Crippen LogP contribution in [0.4, 0.5) is 4.39 Å². The van der Waals surface area contributed by atoms with Crippen LogP contribution in [0, 0.1) is 5.82 Å². The van der Waals surface area contributed by atoms with Gasteiger partial charge in [-0.05, 0) is 35.9 Å². The summed E-state index contributed by atoms with van der Waals surface area (Å²) in [6.07, 6.45) is 3.44. The molecule has 0 radical (unpaired) electrons. The monoisotopic (exact) mass is 382 g/mol. The molecule has 2 heterocycles. The maximum absolute atomic E-state index is 13.5. The SMILES string of the molecule is COc1ccc2c(CSc3nccn3-c3cccc(F)c3)cc(=O)oc2c1. The number of hydrogen-bond acceptors (Lipinski definition) is 5. The van der Waals surface area contributed by atoms with Crippen molar-refractivity contribution >= 4 is 22.7 Å². The molecule has 27 heavy (non-hydrogen) atoms. The van der Waals surface area contributed by atoms with Crippen LogP contribution in [-0.2, 0) is 5.75 Å². The predicted octanol–water partition coefficient (Wildman–Crippen LogP) is 4.42. The fourth-order valence-corrected chi connectivity index (χ4v) is 3.78. The second-order valence-corrected chi connectivity index (χ2v) is 6.74. The second-order valence-electron chi connectivity index (χ2n) is 5.80. The summed E-state index contributed by atoms with van der Waals surface area (Å²) >= 11 is 1.46. The van der Waals surface area contributed by atoms with Crippen molar-refractivity contribution in [1.29, 1.82) is 0 Å². The largest absolute Gasteiger partial charge is 0.497 e. The van der Waals surface area contributed by atoms with Crippen LogP contribution in [0.3, 0.4) is 0 Å². The smallest absolute Gasteiger partial charge is 0.336 e. The third kappa shape index (κ3) is 3.59. The molecule has 0 spiro atoms.